The van der Waals surface area contributed by atoms with E-state index >= 15 is 0 Å². The molecule has 1 aliphatic rings. The largest absolute Gasteiger partial charge is 0.319 e. The zero-order valence-electron chi connectivity index (χ0n) is 11.8. The van der Waals surface area contributed by atoms with Gasteiger partial charge in [0.25, 0.3) is 0 Å². The summed E-state index contributed by atoms with van der Waals surface area (Å²) in [5, 5.41) is 0. The van der Waals surface area contributed by atoms with E-state index < -0.39 is 28.9 Å². The van der Waals surface area contributed by atoms with Gasteiger partial charge in [0.2, 0.25) is 0 Å². The van der Waals surface area contributed by atoms with Crippen LogP contribution in [0.5, 0.6) is 0 Å². The minimum Gasteiger partial charge on any atom is -0.319 e. The number of pyridine rings is 1. The first kappa shape index (κ1) is 14.8. The van der Waals surface area contributed by atoms with E-state index in [0.717, 1.165) is 6.07 Å². The number of rotatable bonds is 2. The third kappa shape index (κ3) is 2.41. The summed E-state index contributed by atoms with van der Waals surface area (Å²) >= 11 is 0. The Morgan fingerprint density at radius 1 is 1.05 bits per heavy atom. The molecule has 2 atom stereocenters. The fourth-order valence-electron chi connectivity index (χ4n) is 2.99. The van der Waals surface area contributed by atoms with Crippen molar-refractivity contribution in [2.45, 2.75) is 24.3 Å². The lowest BCUT2D eigenvalue weighted by atomic mass is 9.70. The lowest BCUT2D eigenvalue weighted by Gasteiger charge is -2.39. The molecule has 5 heteroatoms. The van der Waals surface area contributed by atoms with Gasteiger partial charge in [-0.1, -0.05) is 18.2 Å². The highest BCUT2D eigenvalue weighted by Crippen LogP contribution is 2.43. The van der Waals surface area contributed by atoms with Crippen LogP contribution in [0.4, 0.5) is 13.2 Å². The summed E-state index contributed by atoms with van der Waals surface area (Å²) in [5.41, 5.74) is 6.24. The van der Waals surface area contributed by atoms with E-state index in [2.05, 4.69) is 4.98 Å². The summed E-state index contributed by atoms with van der Waals surface area (Å²) in [6.07, 6.45) is 6.28. The Hall–Kier alpha value is -2.14. The van der Waals surface area contributed by atoms with E-state index in [1.165, 1.54) is 0 Å². The van der Waals surface area contributed by atoms with Gasteiger partial charge in [-0.15, -0.1) is 0 Å². The quantitative estimate of drug-likeness (QED) is 0.677. The first-order chi connectivity index (χ1) is 10.5. The number of hydrogen-bond acceptors (Lipinski definition) is 2. The fraction of sp³-hybridized carbons (Fsp3) is 0.235. The van der Waals surface area contributed by atoms with Crippen molar-refractivity contribution in [3.8, 4) is 0 Å². The van der Waals surface area contributed by atoms with Gasteiger partial charge in [-0.25, -0.2) is 13.2 Å². The Morgan fingerprint density at radius 2 is 1.82 bits per heavy atom. The van der Waals surface area contributed by atoms with Gasteiger partial charge in [-0.2, -0.15) is 0 Å². The summed E-state index contributed by atoms with van der Waals surface area (Å²) < 4.78 is 40.9. The number of halogens is 3. The summed E-state index contributed by atoms with van der Waals surface area (Å²) in [7, 11) is 0. The van der Waals surface area contributed by atoms with Gasteiger partial charge in [-0.05, 0) is 36.6 Å². The van der Waals surface area contributed by atoms with E-state index in [0.29, 0.717) is 24.6 Å². The maximum atomic E-state index is 14.2. The minimum atomic E-state index is -1.20. The Kier molecular flexibility index (Phi) is 3.74. The molecule has 3 rings (SSSR count). The molecule has 1 aromatic carbocycles. The van der Waals surface area contributed by atoms with E-state index in [4.69, 9.17) is 5.73 Å². The van der Waals surface area contributed by atoms with Crippen molar-refractivity contribution in [3.05, 3.63) is 77.4 Å². The topological polar surface area (TPSA) is 38.9 Å². The smallest absolute Gasteiger partial charge is 0.161 e. The highest BCUT2D eigenvalue weighted by molar-refractivity contribution is 5.34. The molecule has 114 valence electrons. The van der Waals surface area contributed by atoms with Crippen molar-refractivity contribution in [3.63, 3.8) is 0 Å². The second kappa shape index (κ2) is 5.57. The van der Waals surface area contributed by atoms with Crippen molar-refractivity contribution in [2.24, 2.45) is 5.73 Å². The van der Waals surface area contributed by atoms with Gasteiger partial charge < -0.3 is 5.73 Å². The first-order valence-corrected chi connectivity index (χ1v) is 7.02. The van der Waals surface area contributed by atoms with Crippen LogP contribution in [0.15, 0.2) is 48.7 Å². The molecule has 2 aromatic rings. The van der Waals surface area contributed by atoms with Gasteiger partial charge in [0.05, 0.1) is 11.2 Å². The Morgan fingerprint density at radius 3 is 2.55 bits per heavy atom. The average molecular weight is 304 g/mol. The molecule has 0 radical (unpaired) electrons. The van der Waals surface area contributed by atoms with Crippen molar-refractivity contribution >= 4 is 0 Å². The van der Waals surface area contributed by atoms with Gasteiger partial charge in [0.1, 0.15) is 5.82 Å². The number of nitrogens with two attached hydrogens (primary N) is 1. The molecule has 1 aromatic heterocycles. The third-order valence-corrected chi connectivity index (χ3v) is 4.17. The molecular weight excluding hydrogens is 289 g/mol. The van der Waals surface area contributed by atoms with E-state index in [9.17, 15) is 13.2 Å². The molecule has 0 fully saturated rings. The molecular formula is C17H15F3N2. The summed E-state index contributed by atoms with van der Waals surface area (Å²) in [6.45, 7) is 0. The molecule has 2 unspecified atom stereocenters. The molecule has 0 amide bonds. The predicted molar refractivity (Wildman–Crippen MR) is 77.5 cm³/mol. The average Bonchev–Trinajstić information content (AvgIpc) is 2.53. The second-order valence-electron chi connectivity index (χ2n) is 5.51. The van der Waals surface area contributed by atoms with Crippen LogP contribution in [-0.2, 0) is 5.54 Å². The fourth-order valence-corrected chi connectivity index (χ4v) is 2.99. The van der Waals surface area contributed by atoms with Crippen LogP contribution in [0.1, 0.15) is 30.0 Å². The Balaban J connectivity index is 2.12. The first-order valence-electron chi connectivity index (χ1n) is 7.02. The molecule has 0 saturated heterocycles. The number of hydrogen-bond donors (Lipinski definition) is 1. The summed E-state index contributed by atoms with van der Waals surface area (Å²) in [4.78, 5) is 4.27. The second-order valence-corrected chi connectivity index (χ2v) is 5.51. The zero-order chi connectivity index (χ0) is 15.7. The van der Waals surface area contributed by atoms with Crippen LogP contribution in [0.25, 0.3) is 0 Å². The minimum absolute atomic E-state index is 0.0800. The van der Waals surface area contributed by atoms with Crippen molar-refractivity contribution in [1.29, 1.82) is 0 Å². The molecule has 1 aliphatic carbocycles. The van der Waals surface area contributed by atoms with Crippen LogP contribution in [0, 0.1) is 17.5 Å². The monoisotopic (exact) mass is 304 g/mol. The van der Waals surface area contributed by atoms with Crippen LogP contribution in [0.3, 0.4) is 0 Å². The molecule has 1 heterocycles. The highest BCUT2D eigenvalue weighted by Gasteiger charge is 2.40. The van der Waals surface area contributed by atoms with Crippen LogP contribution in [-0.4, -0.2) is 4.98 Å². The molecule has 2 nitrogen and oxygen atoms in total. The maximum absolute atomic E-state index is 14.2. The summed E-state index contributed by atoms with van der Waals surface area (Å²) in [6, 6.07) is 6.80. The number of aromatic nitrogens is 1. The lowest BCUT2D eigenvalue weighted by Crippen LogP contribution is -2.44. The standard InChI is InChI=1S/C17H15F3N2/c18-13-10-15(20)14(19)9-11(13)12-5-1-3-7-17(12,21)16-6-2-4-8-22-16/h1-4,6,8-10,12H,5,7,21H2. The zero-order valence-corrected chi connectivity index (χ0v) is 11.8. The van der Waals surface area contributed by atoms with Gasteiger partial charge in [-0.3, -0.25) is 4.98 Å². The van der Waals surface area contributed by atoms with Crippen molar-refractivity contribution in [1.82, 2.24) is 4.98 Å². The lowest BCUT2D eigenvalue weighted by molar-refractivity contribution is 0.324. The number of benzene rings is 1. The van der Waals surface area contributed by atoms with Gasteiger partial charge >= 0.3 is 0 Å². The van der Waals surface area contributed by atoms with Gasteiger partial charge in [0, 0.05) is 18.2 Å². The Bertz CT molecular complexity index is 715. The van der Waals surface area contributed by atoms with E-state index in [-0.39, 0.29) is 5.56 Å². The highest BCUT2D eigenvalue weighted by atomic mass is 19.2. The molecule has 0 aliphatic heterocycles. The van der Waals surface area contributed by atoms with Crippen molar-refractivity contribution in [2.75, 3.05) is 0 Å². The number of nitrogens with zero attached hydrogens (tertiary/aromatic N) is 1. The van der Waals surface area contributed by atoms with Crippen LogP contribution in [0.2, 0.25) is 0 Å². The normalized spacial score (nSPS) is 24.5. The van der Waals surface area contributed by atoms with Crippen LogP contribution < -0.4 is 5.73 Å². The molecule has 0 saturated carbocycles. The maximum Gasteiger partial charge on any atom is 0.161 e. The number of allylic oxidation sites excluding steroid dienone is 1. The third-order valence-electron chi connectivity index (χ3n) is 4.17. The molecule has 2 N–H and O–H groups in total. The van der Waals surface area contributed by atoms with E-state index in [1.54, 1.807) is 24.4 Å². The Labute approximate surface area is 126 Å². The molecule has 0 bridgehead atoms. The van der Waals surface area contributed by atoms with Gasteiger partial charge in [0.15, 0.2) is 11.6 Å². The van der Waals surface area contributed by atoms with Crippen molar-refractivity contribution < 1.29 is 13.2 Å². The SMILES string of the molecule is NC1(c2ccccn2)CC=CCC1c1cc(F)c(F)cc1F. The molecule has 22 heavy (non-hydrogen) atoms. The van der Waals surface area contributed by atoms with E-state index in [1.807, 2.05) is 12.2 Å². The molecule has 0 spiro atoms. The predicted octanol–water partition coefficient (Wildman–Crippen LogP) is 3.79. The summed E-state index contributed by atoms with van der Waals surface area (Å²) in [5.74, 6) is -3.57. The van der Waals surface area contributed by atoms with Crippen LogP contribution >= 0.6 is 0 Å².